The summed E-state index contributed by atoms with van der Waals surface area (Å²) in [6.45, 7) is 8.70. The van der Waals surface area contributed by atoms with Crippen LogP contribution in [0.5, 0.6) is 0 Å². The van der Waals surface area contributed by atoms with Crippen molar-refractivity contribution in [1.29, 1.82) is 0 Å². The molecular formula is C16H21N3. The minimum Gasteiger partial charge on any atom is -0.373 e. The zero-order valence-electron chi connectivity index (χ0n) is 12.3. The van der Waals surface area contributed by atoms with Gasteiger partial charge < -0.3 is 5.32 Å². The molecule has 0 spiro atoms. The van der Waals surface area contributed by atoms with Gasteiger partial charge in [-0.2, -0.15) is 0 Å². The van der Waals surface area contributed by atoms with E-state index in [1.165, 1.54) is 5.56 Å². The lowest BCUT2D eigenvalue weighted by molar-refractivity contribution is 0.590. The van der Waals surface area contributed by atoms with Crippen LogP contribution in [0.15, 0.2) is 30.6 Å². The summed E-state index contributed by atoms with van der Waals surface area (Å²) in [5, 5.41) is 3.09. The molecule has 100 valence electrons. The second-order valence-electron chi connectivity index (χ2n) is 5.77. The Labute approximate surface area is 115 Å². The lowest BCUT2D eigenvalue weighted by atomic mass is 9.86. The standard InChI is InChI=1S/C16H21N3/c1-11-14(18-10-19-15(11)17-5)12-6-8-13(9-7-12)16(2,3)4/h6-10H,1-5H3,(H,17,18,19). The van der Waals surface area contributed by atoms with Crippen LogP contribution in [0.4, 0.5) is 5.82 Å². The summed E-state index contributed by atoms with van der Waals surface area (Å²) in [7, 11) is 1.88. The van der Waals surface area contributed by atoms with Crippen molar-refractivity contribution < 1.29 is 0 Å². The quantitative estimate of drug-likeness (QED) is 0.887. The molecule has 0 unspecified atom stereocenters. The molecule has 0 aliphatic carbocycles. The Morgan fingerprint density at radius 1 is 1.00 bits per heavy atom. The van der Waals surface area contributed by atoms with Gasteiger partial charge in [-0.05, 0) is 17.9 Å². The van der Waals surface area contributed by atoms with Crippen LogP contribution >= 0.6 is 0 Å². The molecule has 2 aromatic rings. The Balaban J connectivity index is 2.43. The Hall–Kier alpha value is -1.90. The minimum absolute atomic E-state index is 0.176. The number of hydrogen-bond acceptors (Lipinski definition) is 3. The lowest BCUT2D eigenvalue weighted by Crippen LogP contribution is -2.10. The normalized spacial score (nSPS) is 11.4. The van der Waals surface area contributed by atoms with Gasteiger partial charge in [0, 0.05) is 18.2 Å². The monoisotopic (exact) mass is 255 g/mol. The van der Waals surface area contributed by atoms with Gasteiger partial charge >= 0.3 is 0 Å². The summed E-state index contributed by atoms with van der Waals surface area (Å²) < 4.78 is 0. The van der Waals surface area contributed by atoms with Gasteiger partial charge in [0.05, 0.1) is 5.69 Å². The zero-order chi connectivity index (χ0) is 14.0. The predicted molar refractivity (Wildman–Crippen MR) is 80.5 cm³/mol. The smallest absolute Gasteiger partial charge is 0.132 e. The van der Waals surface area contributed by atoms with E-state index >= 15 is 0 Å². The maximum atomic E-state index is 4.40. The Kier molecular flexibility index (Phi) is 3.56. The summed E-state index contributed by atoms with van der Waals surface area (Å²) in [6, 6.07) is 8.62. The molecule has 0 atom stereocenters. The lowest BCUT2D eigenvalue weighted by Gasteiger charge is -2.19. The molecule has 1 N–H and O–H groups in total. The van der Waals surface area contributed by atoms with Crippen molar-refractivity contribution >= 4 is 5.82 Å². The van der Waals surface area contributed by atoms with E-state index < -0.39 is 0 Å². The zero-order valence-corrected chi connectivity index (χ0v) is 12.3. The maximum Gasteiger partial charge on any atom is 0.132 e. The molecule has 0 radical (unpaired) electrons. The first kappa shape index (κ1) is 13.5. The van der Waals surface area contributed by atoms with Gasteiger partial charge in [0.1, 0.15) is 12.1 Å². The van der Waals surface area contributed by atoms with Crippen molar-refractivity contribution in [2.45, 2.75) is 33.1 Å². The summed E-state index contributed by atoms with van der Waals surface area (Å²) in [5.41, 5.74) is 4.70. The van der Waals surface area contributed by atoms with E-state index in [4.69, 9.17) is 0 Å². The Bertz CT molecular complexity index is 566. The molecule has 0 amide bonds. The number of rotatable bonds is 2. The minimum atomic E-state index is 0.176. The Morgan fingerprint density at radius 2 is 1.63 bits per heavy atom. The van der Waals surface area contributed by atoms with Crippen molar-refractivity contribution in [2.24, 2.45) is 0 Å². The van der Waals surface area contributed by atoms with Crippen LogP contribution in [0.3, 0.4) is 0 Å². The first-order chi connectivity index (χ1) is 8.93. The average Bonchev–Trinajstić information content (AvgIpc) is 2.38. The van der Waals surface area contributed by atoms with Crippen LogP contribution in [-0.4, -0.2) is 17.0 Å². The van der Waals surface area contributed by atoms with E-state index in [9.17, 15) is 0 Å². The molecule has 0 aliphatic rings. The van der Waals surface area contributed by atoms with Crippen molar-refractivity contribution in [3.63, 3.8) is 0 Å². The van der Waals surface area contributed by atoms with Crippen LogP contribution < -0.4 is 5.32 Å². The number of aromatic nitrogens is 2. The second kappa shape index (κ2) is 5.00. The van der Waals surface area contributed by atoms with Crippen LogP contribution in [0, 0.1) is 6.92 Å². The van der Waals surface area contributed by atoms with E-state index in [-0.39, 0.29) is 5.41 Å². The third-order valence-corrected chi connectivity index (χ3v) is 3.35. The average molecular weight is 255 g/mol. The molecule has 1 aromatic heterocycles. The molecule has 0 fully saturated rings. The molecule has 1 aromatic carbocycles. The topological polar surface area (TPSA) is 37.8 Å². The van der Waals surface area contributed by atoms with Crippen LogP contribution in [0.1, 0.15) is 31.9 Å². The largest absolute Gasteiger partial charge is 0.373 e. The highest BCUT2D eigenvalue weighted by molar-refractivity contribution is 5.67. The maximum absolute atomic E-state index is 4.40. The highest BCUT2D eigenvalue weighted by Crippen LogP contribution is 2.28. The van der Waals surface area contributed by atoms with Crippen molar-refractivity contribution in [1.82, 2.24) is 9.97 Å². The molecule has 0 saturated carbocycles. The van der Waals surface area contributed by atoms with E-state index in [0.29, 0.717) is 0 Å². The van der Waals surface area contributed by atoms with Gasteiger partial charge in [0.2, 0.25) is 0 Å². The molecule has 0 saturated heterocycles. The molecule has 1 heterocycles. The third-order valence-electron chi connectivity index (χ3n) is 3.35. The van der Waals surface area contributed by atoms with Crippen LogP contribution in [0.25, 0.3) is 11.3 Å². The molecule has 0 bridgehead atoms. The van der Waals surface area contributed by atoms with Crippen molar-refractivity contribution in [2.75, 3.05) is 12.4 Å². The van der Waals surface area contributed by atoms with Gasteiger partial charge in [-0.1, -0.05) is 45.0 Å². The fourth-order valence-corrected chi connectivity index (χ4v) is 2.12. The van der Waals surface area contributed by atoms with Crippen LogP contribution in [0.2, 0.25) is 0 Å². The van der Waals surface area contributed by atoms with E-state index in [2.05, 4.69) is 60.3 Å². The van der Waals surface area contributed by atoms with Gasteiger partial charge in [-0.15, -0.1) is 0 Å². The van der Waals surface area contributed by atoms with Gasteiger partial charge in [0.25, 0.3) is 0 Å². The molecule has 2 rings (SSSR count). The molecule has 19 heavy (non-hydrogen) atoms. The third kappa shape index (κ3) is 2.75. The summed E-state index contributed by atoms with van der Waals surface area (Å²) in [6.07, 6.45) is 1.60. The summed E-state index contributed by atoms with van der Waals surface area (Å²) in [4.78, 5) is 8.62. The highest BCUT2D eigenvalue weighted by Gasteiger charge is 2.14. The number of hydrogen-bond donors (Lipinski definition) is 1. The molecule has 3 heteroatoms. The fourth-order valence-electron chi connectivity index (χ4n) is 2.12. The Morgan fingerprint density at radius 3 is 2.16 bits per heavy atom. The van der Waals surface area contributed by atoms with Gasteiger partial charge in [-0.3, -0.25) is 0 Å². The van der Waals surface area contributed by atoms with Crippen molar-refractivity contribution in [3.05, 3.63) is 41.7 Å². The van der Waals surface area contributed by atoms with Gasteiger partial charge in [-0.25, -0.2) is 9.97 Å². The highest BCUT2D eigenvalue weighted by atomic mass is 15.0. The SMILES string of the molecule is CNc1ncnc(-c2ccc(C(C)(C)C)cc2)c1C. The number of benzene rings is 1. The van der Waals surface area contributed by atoms with E-state index in [1.54, 1.807) is 6.33 Å². The van der Waals surface area contributed by atoms with Crippen molar-refractivity contribution in [3.8, 4) is 11.3 Å². The molecule has 0 aliphatic heterocycles. The second-order valence-corrected chi connectivity index (χ2v) is 5.77. The number of nitrogens with one attached hydrogen (secondary N) is 1. The summed E-state index contributed by atoms with van der Waals surface area (Å²) >= 11 is 0. The number of anilines is 1. The summed E-state index contributed by atoms with van der Waals surface area (Å²) in [5.74, 6) is 0.880. The van der Waals surface area contributed by atoms with E-state index in [1.807, 2.05) is 14.0 Å². The molecular weight excluding hydrogens is 234 g/mol. The fraction of sp³-hybridized carbons (Fsp3) is 0.375. The van der Waals surface area contributed by atoms with E-state index in [0.717, 1.165) is 22.6 Å². The number of nitrogens with zero attached hydrogens (tertiary/aromatic N) is 2. The predicted octanol–water partition coefficient (Wildman–Crippen LogP) is 3.79. The van der Waals surface area contributed by atoms with Crippen LogP contribution in [-0.2, 0) is 5.41 Å². The first-order valence-corrected chi connectivity index (χ1v) is 6.53. The van der Waals surface area contributed by atoms with Gasteiger partial charge in [0.15, 0.2) is 0 Å². The molecule has 3 nitrogen and oxygen atoms in total. The first-order valence-electron chi connectivity index (χ1n) is 6.53.